The van der Waals surface area contributed by atoms with E-state index in [1.54, 1.807) is 4.90 Å². The average Bonchev–Trinajstić information content (AvgIpc) is 2.38. The predicted molar refractivity (Wildman–Crippen MR) is 62.3 cm³/mol. The molecule has 0 aromatic rings. The van der Waals surface area contributed by atoms with Crippen molar-refractivity contribution >= 4 is 11.9 Å². The first-order valence-corrected chi connectivity index (χ1v) is 6.19. The zero-order valence-corrected chi connectivity index (χ0v) is 10.4. The quantitative estimate of drug-likeness (QED) is 0.570. The number of aliphatic hydroxyl groups excluding tert-OH is 1. The molecule has 0 aromatic carbocycles. The molecule has 1 rings (SSSR count). The second-order valence-corrected chi connectivity index (χ2v) is 4.30. The van der Waals surface area contributed by atoms with E-state index in [1.807, 2.05) is 0 Å². The Morgan fingerprint density at radius 3 is 2.76 bits per heavy atom. The Bertz CT molecular complexity index is 267. The fraction of sp³-hybridized carbons (Fsp3) is 0.833. The van der Waals surface area contributed by atoms with Gasteiger partial charge in [-0.05, 0) is 32.1 Å². The number of hydrogen-bond donors (Lipinski definition) is 1. The van der Waals surface area contributed by atoms with E-state index in [2.05, 4.69) is 0 Å². The lowest BCUT2D eigenvalue weighted by atomic mass is 10.0. The molecule has 1 atom stereocenters. The average molecular weight is 243 g/mol. The highest BCUT2D eigenvalue weighted by molar-refractivity contribution is 5.84. The van der Waals surface area contributed by atoms with Crippen LogP contribution in [0.2, 0.25) is 0 Å². The standard InChI is InChI=1S/C12H21NO4/c1-17-12(16)10-6-2-4-8-13(10)11(15)7-3-5-9-14/h10,14H,2-9H2,1H3. The van der Waals surface area contributed by atoms with Crippen LogP contribution in [0.4, 0.5) is 0 Å². The second kappa shape index (κ2) is 7.27. The number of rotatable bonds is 5. The van der Waals surface area contributed by atoms with Crippen molar-refractivity contribution in [2.24, 2.45) is 0 Å². The summed E-state index contributed by atoms with van der Waals surface area (Å²) in [6, 6.07) is -0.407. The summed E-state index contributed by atoms with van der Waals surface area (Å²) in [6.07, 6.45) is 4.29. The topological polar surface area (TPSA) is 66.8 Å². The third kappa shape index (κ3) is 4.00. The molecule has 0 aliphatic carbocycles. The van der Waals surface area contributed by atoms with Crippen LogP contribution in [0.25, 0.3) is 0 Å². The van der Waals surface area contributed by atoms with Crippen LogP contribution in [0.1, 0.15) is 38.5 Å². The van der Waals surface area contributed by atoms with Crippen molar-refractivity contribution in [2.45, 2.75) is 44.6 Å². The highest BCUT2D eigenvalue weighted by Gasteiger charge is 2.32. The van der Waals surface area contributed by atoms with Crippen LogP contribution in [-0.4, -0.2) is 48.2 Å². The van der Waals surface area contributed by atoms with Gasteiger partial charge < -0.3 is 14.7 Å². The van der Waals surface area contributed by atoms with Gasteiger partial charge in [-0.3, -0.25) is 4.79 Å². The van der Waals surface area contributed by atoms with Crippen LogP contribution in [0.3, 0.4) is 0 Å². The Morgan fingerprint density at radius 2 is 2.12 bits per heavy atom. The SMILES string of the molecule is COC(=O)C1CCCCN1C(=O)CCCCO. The van der Waals surface area contributed by atoms with Gasteiger partial charge in [0.05, 0.1) is 7.11 Å². The second-order valence-electron chi connectivity index (χ2n) is 4.30. The summed E-state index contributed by atoms with van der Waals surface area (Å²) in [5, 5.41) is 8.67. The Kier molecular flexibility index (Phi) is 5.97. The molecular weight excluding hydrogens is 222 g/mol. The lowest BCUT2D eigenvalue weighted by molar-refractivity contribution is -0.154. The molecule has 5 nitrogen and oxygen atoms in total. The zero-order valence-electron chi connectivity index (χ0n) is 10.4. The first-order chi connectivity index (χ1) is 8.20. The number of esters is 1. The van der Waals surface area contributed by atoms with Gasteiger partial charge in [0.25, 0.3) is 0 Å². The van der Waals surface area contributed by atoms with Gasteiger partial charge in [-0.2, -0.15) is 0 Å². The Hall–Kier alpha value is -1.10. The molecule has 1 amide bonds. The maximum absolute atomic E-state index is 11.9. The zero-order chi connectivity index (χ0) is 12.7. The largest absolute Gasteiger partial charge is 0.467 e. The van der Waals surface area contributed by atoms with Crippen LogP contribution < -0.4 is 0 Å². The van der Waals surface area contributed by atoms with Crippen LogP contribution in [0.15, 0.2) is 0 Å². The number of piperidine rings is 1. The maximum atomic E-state index is 11.9. The van der Waals surface area contributed by atoms with Crippen molar-refractivity contribution in [2.75, 3.05) is 20.3 Å². The number of carbonyl (C=O) groups excluding carboxylic acids is 2. The van der Waals surface area contributed by atoms with Gasteiger partial charge in [-0.25, -0.2) is 4.79 Å². The van der Waals surface area contributed by atoms with E-state index >= 15 is 0 Å². The third-order valence-electron chi connectivity index (χ3n) is 3.10. The summed E-state index contributed by atoms with van der Waals surface area (Å²) in [7, 11) is 1.35. The summed E-state index contributed by atoms with van der Waals surface area (Å²) in [5.41, 5.74) is 0. The molecule has 1 saturated heterocycles. The summed E-state index contributed by atoms with van der Waals surface area (Å²) in [4.78, 5) is 25.1. The fourth-order valence-electron chi connectivity index (χ4n) is 2.14. The van der Waals surface area contributed by atoms with E-state index in [1.165, 1.54) is 7.11 Å². The summed E-state index contributed by atoms with van der Waals surface area (Å²) >= 11 is 0. The first kappa shape index (κ1) is 14.0. The molecule has 1 aliphatic rings. The number of carbonyl (C=O) groups is 2. The highest BCUT2D eigenvalue weighted by Crippen LogP contribution is 2.19. The van der Waals surface area contributed by atoms with Crippen LogP contribution >= 0.6 is 0 Å². The van der Waals surface area contributed by atoms with E-state index in [9.17, 15) is 9.59 Å². The number of likely N-dealkylation sites (tertiary alicyclic amines) is 1. The first-order valence-electron chi connectivity index (χ1n) is 6.19. The Balaban J connectivity index is 2.52. The van der Waals surface area contributed by atoms with Gasteiger partial charge in [-0.1, -0.05) is 0 Å². The maximum Gasteiger partial charge on any atom is 0.328 e. The number of nitrogens with zero attached hydrogens (tertiary/aromatic N) is 1. The van der Waals surface area contributed by atoms with Gasteiger partial charge in [-0.15, -0.1) is 0 Å². The van der Waals surface area contributed by atoms with E-state index in [4.69, 9.17) is 9.84 Å². The Labute approximate surface area is 102 Å². The van der Waals surface area contributed by atoms with Crippen molar-refractivity contribution in [1.82, 2.24) is 4.90 Å². The van der Waals surface area contributed by atoms with Gasteiger partial charge in [0, 0.05) is 19.6 Å². The summed E-state index contributed by atoms with van der Waals surface area (Å²) < 4.78 is 4.72. The van der Waals surface area contributed by atoms with Crippen molar-refractivity contribution in [1.29, 1.82) is 0 Å². The molecule has 1 unspecified atom stereocenters. The van der Waals surface area contributed by atoms with Crippen LogP contribution in [0.5, 0.6) is 0 Å². The predicted octanol–water partition coefficient (Wildman–Crippen LogP) is 0.703. The van der Waals surface area contributed by atoms with Gasteiger partial charge in [0.2, 0.25) is 5.91 Å². The smallest absolute Gasteiger partial charge is 0.328 e. The highest BCUT2D eigenvalue weighted by atomic mass is 16.5. The van der Waals surface area contributed by atoms with Gasteiger partial charge >= 0.3 is 5.97 Å². The minimum absolute atomic E-state index is 0.00597. The van der Waals surface area contributed by atoms with Crippen molar-refractivity contribution in [3.05, 3.63) is 0 Å². The van der Waals surface area contributed by atoms with E-state index in [0.717, 1.165) is 12.8 Å². The minimum atomic E-state index is -0.407. The molecule has 0 bridgehead atoms. The van der Waals surface area contributed by atoms with Gasteiger partial charge in [0.15, 0.2) is 0 Å². The molecule has 5 heteroatoms. The number of ether oxygens (including phenoxy) is 1. The van der Waals surface area contributed by atoms with Crippen molar-refractivity contribution < 1.29 is 19.4 Å². The minimum Gasteiger partial charge on any atom is -0.467 e. The van der Waals surface area contributed by atoms with E-state index in [-0.39, 0.29) is 18.5 Å². The molecular formula is C12H21NO4. The van der Waals surface area contributed by atoms with E-state index in [0.29, 0.717) is 32.2 Å². The normalized spacial score (nSPS) is 20.1. The van der Waals surface area contributed by atoms with E-state index < -0.39 is 6.04 Å². The number of hydrogen-bond acceptors (Lipinski definition) is 4. The number of unbranched alkanes of at least 4 members (excludes halogenated alkanes) is 1. The Morgan fingerprint density at radius 1 is 1.35 bits per heavy atom. The molecule has 1 fully saturated rings. The molecule has 1 heterocycles. The molecule has 17 heavy (non-hydrogen) atoms. The monoisotopic (exact) mass is 243 g/mol. The molecule has 98 valence electrons. The molecule has 0 saturated carbocycles. The van der Waals surface area contributed by atoms with Crippen LogP contribution in [-0.2, 0) is 14.3 Å². The van der Waals surface area contributed by atoms with Gasteiger partial charge in [0.1, 0.15) is 6.04 Å². The molecule has 1 N–H and O–H groups in total. The molecule has 0 radical (unpaired) electrons. The fourth-order valence-corrected chi connectivity index (χ4v) is 2.14. The lowest BCUT2D eigenvalue weighted by Crippen LogP contribution is -2.48. The lowest BCUT2D eigenvalue weighted by Gasteiger charge is -2.33. The summed E-state index contributed by atoms with van der Waals surface area (Å²) in [6.45, 7) is 0.742. The van der Waals surface area contributed by atoms with Crippen molar-refractivity contribution in [3.63, 3.8) is 0 Å². The molecule has 0 spiro atoms. The number of amides is 1. The summed E-state index contributed by atoms with van der Waals surface area (Å²) in [5.74, 6) is -0.325. The van der Waals surface area contributed by atoms with Crippen LogP contribution in [0, 0.1) is 0 Å². The molecule has 1 aliphatic heterocycles. The molecule has 0 aromatic heterocycles. The number of aliphatic hydroxyl groups is 1. The number of methoxy groups -OCH3 is 1. The van der Waals surface area contributed by atoms with Crippen molar-refractivity contribution in [3.8, 4) is 0 Å². The third-order valence-corrected chi connectivity index (χ3v) is 3.10.